The second-order valence-electron chi connectivity index (χ2n) is 7.28. The highest BCUT2D eigenvalue weighted by atomic mass is 16.5. The van der Waals surface area contributed by atoms with E-state index in [9.17, 15) is 14.7 Å². The van der Waals surface area contributed by atoms with Crippen molar-refractivity contribution in [2.45, 2.75) is 50.5 Å². The maximum absolute atomic E-state index is 12.4. The van der Waals surface area contributed by atoms with Gasteiger partial charge in [-0.1, -0.05) is 30.3 Å². The summed E-state index contributed by atoms with van der Waals surface area (Å²) in [5.74, 6) is -0.348. The van der Waals surface area contributed by atoms with Gasteiger partial charge in [-0.3, -0.25) is 14.6 Å². The van der Waals surface area contributed by atoms with Crippen LogP contribution in [0.15, 0.2) is 54.9 Å². The van der Waals surface area contributed by atoms with E-state index in [2.05, 4.69) is 15.6 Å². The zero-order valence-corrected chi connectivity index (χ0v) is 16.5. The van der Waals surface area contributed by atoms with E-state index in [-0.39, 0.29) is 43.0 Å². The molecule has 0 spiro atoms. The summed E-state index contributed by atoms with van der Waals surface area (Å²) in [5, 5.41) is 15.6. The number of aromatic nitrogens is 1. The zero-order chi connectivity index (χ0) is 20.6. The highest BCUT2D eigenvalue weighted by Gasteiger charge is 2.33. The number of carbonyl (C=O) groups is 2. The van der Waals surface area contributed by atoms with Gasteiger partial charge in [0, 0.05) is 12.4 Å². The molecule has 3 N–H and O–H groups in total. The molecule has 0 saturated carbocycles. The fourth-order valence-electron chi connectivity index (χ4n) is 3.53. The highest BCUT2D eigenvalue weighted by Crippen LogP contribution is 2.23. The van der Waals surface area contributed by atoms with Gasteiger partial charge in [-0.05, 0) is 37.5 Å². The van der Waals surface area contributed by atoms with Crippen LogP contribution in [0.25, 0.3) is 0 Å². The summed E-state index contributed by atoms with van der Waals surface area (Å²) < 4.78 is 5.90. The summed E-state index contributed by atoms with van der Waals surface area (Å²) in [7, 11) is 0. The van der Waals surface area contributed by atoms with Crippen LogP contribution < -0.4 is 10.6 Å². The lowest BCUT2D eigenvalue weighted by atomic mass is 9.96. The normalized spacial score (nSPS) is 22.5. The molecule has 1 saturated heterocycles. The standard InChI is InChI=1S/C22H27N3O4/c1-15(16-6-3-2-4-7-16)24-21(27)12-18-9-10-19(20(14-26)29-18)25-22(28)17-8-5-11-23-13-17/h2-8,11,13,15,18-20,26H,9-10,12,14H2,1H3,(H,24,27)(H,25,28)/t15-,18+,19-,20+/m1/s1. The lowest BCUT2D eigenvalue weighted by molar-refractivity contribution is -0.131. The molecule has 0 aliphatic carbocycles. The van der Waals surface area contributed by atoms with Crippen molar-refractivity contribution in [3.05, 3.63) is 66.0 Å². The van der Waals surface area contributed by atoms with Crippen LogP contribution in [-0.2, 0) is 9.53 Å². The summed E-state index contributed by atoms with van der Waals surface area (Å²) in [6.07, 6.45) is 3.73. The lowest BCUT2D eigenvalue weighted by Crippen LogP contribution is -2.51. The first-order chi connectivity index (χ1) is 14.1. The van der Waals surface area contributed by atoms with Gasteiger partial charge in [0.2, 0.25) is 5.91 Å². The molecule has 1 aliphatic rings. The van der Waals surface area contributed by atoms with E-state index in [1.807, 2.05) is 37.3 Å². The van der Waals surface area contributed by atoms with Gasteiger partial charge in [0.05, 0.1) is 36.8 Å². The number of amides is 2. The van der Waals surface area contributed by atoms with Crippen molar-refractivity contribution in [2.24, 2.45) is 0 Å². The molecule has 2 heterocycles. The number of aliphatic hydroxyl groups is 1. The van der Waals surface area contributed by atoms with Crippen molar-refractivity contribution in [2.75, 3.05) is 6.61 Å². The molecule has 0 bridgehead atoms. The Balaban J connectivity index is 1.50. The van der Waals surface area contributed by atoms with E-state index in [0.717, 1.165) is 5.56 Å². The lowest BCUT2D eigenvalue weighted by Gasteiger charge is -2.36. The Hall–Kier alpha value is -2.77. The Morgan fingerprint density at radius 2 is 2.00 bits per heavy atom. The third kappa shape index (κ3) is 5.85. The SMILES string of the molecule is C[C@@H](NC(=O)C[C@@H]1CC[C@@H](NC(=O)c2cccnc2)[C@H](CO)O1)c1ccccc1. The summed E-state index contributed by atoms with van der Waals surface area (Å²) in [5.41, 5.74) is 1.50. The molecule has 1 aromatic heterocycles. The third-order valence-corrected chi connectivity index (χ3v) is 5.13. The van der Waals surface area contributed by atoms with E-state index < -0.39 is 6.10 Å². The van der Waals surface area contributed by atoms with Crippen LogP contribution in [-0.4, -0.2) is 46.8 Å². The van der Waals surface area contributed by atoms with E-state index in [1.165, 1.54) is 6.20 Å². The number of aliphatic hydroxyl groups excluding tert-OH is 1. The molecular formula is C22H27N3O4. The predicted molar refractivity (Wildman–Crippen MR) is 108 cm³/mol. The molecule has 0 radical (unpaired) electrons. The fraction of sp³-hybridized carbons (Fsp3) is 0.409. The minimum Gasteiger partial charge on any atom is -0.394 e. The summed E-state index contributed by atoms with van der Waals surface area (Å²) in [6, 6.07) is 12.7. The van der Waals surface area contributed by atoms with Gasteiger partial charge in [-0.15, -0.1) is 0 Å². The molecule has 7 heteroatoms. The summed E-state index contributed by atoms with van der Waals surface area (Å²) >= 11 is 0. The van der Waals surface area contributed by atoms with Gasteiger partial charge in [-0.25, -0.2) is 0 Å². The van der Waals surface area contributed by atoms with E-state index in [1.54, 1.807) is 18.3 Å². The molecule has 3 rings (SSSR count). The second-order valence-corrected chi connectivity index (χ2v) is 7.28. The molecule has 4 atom stereocenters. The molecule has 0 unspecified atom stereocenters. The van der Waals surface area contributed by atoms with Gasteiger partial charge in [0.15, 0.2) is 0 Å². The molecule has 7 nitrogen and oxygen atoms in total. The number of nitrogens with one attached hydrogen (secondary N) is 2. The van der Waals surface area contributed by atoms with Crippen molar-refractivity contribution in [1.82, 2.24) is 15.6 Å². The smallest absolute Gasteiger partial charge is 0.253 e. The number of hydrogen-bond donors (Lipinski definition) is 3. The number of hydrogen-bond acceptors (Lipinski definition) is 5. The summed E-state index contributed by atoms with van der Waals surface area (Å²) in [4.78, 5) is 28.7. The zero-order valence-electron chi connectivity index (χ0n) is 16.5. The Morgan fingerprint density at radius 1 is 1.21 bits per heavy atom. The van der Waals surface area contributed by atoms with E-state index in [4.69, 9.17) is 4.74 Å². The monoisotopic (exact) mass is 397 g/mol. The molecule has 2 aromatic rings. The maximum atomic E-state index is 12.4. The van der Waals surface area contributed by atoms with E-state index in [0.29, 0.717) is 18.4 Å². The van der Waals surface area contributed by atoms with Gasteiger partial charge < -0.3 is 20.5 Å². The fourth-order valence-corrected chi connectivity index (χ4v) is 3.53. The average Bonchev–Trinajstić information content (AvgIpc) is 2.75. The first-order valence-corrected chi connectivity index (χ1v) is 9.88. The largest absolute Gasteiger partial charge is 0.394 e. The van der Waals surface area contributed by atoms with Crippen LogP contribution in [0.2, 0.25) is 0 Å². The molecule has 1 aliphatic heterocycles. The number of ether oxygens (including phenoxy) is 1. The highest BCUT2D eigenvalue weighted by molar-refractivity contribution is 5.94. The van der Waals surface area contributed by atoms with Gasteiger partial charge in [-0.2, -0.15) is 0 Å². The molecule has 154 valence electrons. The average molecular weight is 397 g/mol. The van der Waals surface area contributed by atoms with Gasteiger partial charge in [0.1, 0.15) is 6.10 Å². The summed E-state index contributed by atoms with van der Waals surface area (Å²) in [6.45, 7) is 1.71. The number of pyridine rings is 1. The first-order valence-electron chi connectivity index (χ1n) is 9.88. The molecule has 1 aromatic carbocycles. The number of carbonyl (C=O) groups excluding carboxylic acids is 2. The van der Waals surface area contributed by atoms with Crippen LogP contribution in [0.1, 0.15) is 48.1 Å². The van der Waals surface area contributed by atoms with Crippen molar-refractivity contribution in [1.29, 1.82) is 0 Å². The Bertz CT molecular complexity index is 800. The second kappa shape index (κ2) is 10.1. The van der Waals surface area contributed by atoms with Crippen LogP contribution in [0.4, 0.5) is 0 Å². The van der Waals surface area contributed by atoms with Gasteiger partial charge >= 0.3 is 0 Å². The maximum Gasteiger partial charge on any atom is 0.253 e. The molecule has 29 heavy (non-hydrogen) atoms. The minimum atomic E-state index is -0.547. The van der Waals surface area contributed by atoms with Crippen molar-refractivity contribution >= 4 is 11.8 Å². The van der Waals surface area contributed by atoms with Gasteiger partial charge in [0.25, 0.3) is 5.91 Å². The van der Waals surface area contributed by atoms with Crippen molar-refractivity contribution in [3.63, 3.8) is 0 Å². The number of nitrogens with zero attached hydrogens (tertiary/aromatic N) is 1. The Kier molecular flexibility index (Phi) is 7.32. The third-order valence-electron chi connectivity index (χ3n) is 5.13. The molecule has 1 fully saturated rings. The van der Waals surface area contributed by atoms with Crippen LogP contribution in [0, 0.1) is 0 Å². The van der Waals surface area contributed by atoms with Crippen molar-refractivity contribution < 1.29 is 19.4 Å². The molecular weight excluding hydrogens is 370 g/mol. The van der Waals surface area contributed by atoms with Crippen LogP contribution in [0.3, 0.4) is 0 Å². The number of rotatable bonds is 7. The Morgan fingerprint density at radius 3 is 2.69 bits per heavy atom. The van der Waals surface area contributed by atoms with E-state index >= 15 is 0 Å². The minimum absolute atomic E-state index is 0.0903. The quantitative estimate of drug-likeness (QED) is 0.663. The van der Waals surface area contributed by atoms with Crippen LogP contribution in [0.5, 0.6) is 0 Å². The topological polar surface area (TPSA) is 101 Å². The molecule has 2 amide bonds. The van der Waals surface area contributed by atoms with Crippen molar-refractivity contribution in [3.8, 4) is 0 Å². The van der Waals surface area contributed by atoms with Crippen LogP contribution >= 0.6 is 0 Å². The number of benzene rings is 1. The first kappa shape index (κ1) is 21.0. The predicted octanol–water partition coefficient (Wildman–Crippen LogP) is 1.99. The Labute approximate surface area is 170 Å².